The van der Waals surface area contributed by atoms with Crippen molar-refractivity contribution in [3.8, 4) is 0 Å². The Hall–Kier alpha value is -1.85. The van der Waals surface area contributed by atoms with Gasteiger partial charge in [-0.1, -0.05) is 0 Å². The van der Waals surface area contributed by atoms with E-state index in [2.05, 4.69) is 16.3 Å². The fraction of sp³-hybridized carbons (Fsp3) is 0.444. The summed E-state index contributed by atoms with van der Waals surface area (Å²) in [6.07, 6.45) is 5.33. The lowest BCUT2D eigenvalue weighted by Gasteiger charge is -2.20. The standard InChI is InChI=1S/C9H11N5O/c1-12-7-4-8(14-10-2-3-11-14)6-13(5-7)9(12)15/h2-4,7H,5-6H2,1H3. The van der Waals surface area contributed by atoms with E-state index in [0.29, 0.717) is 6.54 Å². The molecule has 2 aliphatic rings. The van der Waals surface area contributed by atoms with Gasteiger partial charge in [0, 0.05) is 13.6 Å². The van der Waals surface area contributed by atoms with E-state index in [0.717, 1.165) is 12.2 Å². The summed E-state index contributed by atoms with van der Waals surface area (Å²) in [5, 5.41) is 8.13. The van der Waals surface area contributed by atoms with Crippen molar-refractivity contribution in [2.75, 3.05) is 20.1 Å². The van der Waals surface area contributed by atoms with Gasteiger partial charge in [-0.05, 0) is 6.08 Å². The number of nitrogens with zero attached hydrogens (tertiary/aromatic N) is 5. The van der Waals surface area contributed by atoms with Crippen LogP contribution in [0, 0.1) is 0 Å². The molecule has 15 heavy (non-hydrogen) atoms. The summed E-state index contributed by atoms with van der Waals surface area (Å²) in [5.74, 6) is 0. The molecular formula is C9H11N5O. The number of aromatic nitrogens is 3. The summed E-state index contributed by atoms with van der Waals surface area (Å²) in [4.78, 5) is 16.8. The topological polar surface area (TPSA) is 54.3 Å². The maximum absolute atomic E-state index is 11.7. The van der Waals surface area contributed by atoms with Crippen molar-refractivity contribution in [3.05, 3.63) is 18.5 Å². The Morgan fingerprint density at radius 1 is 1.40 bits per heavy atom. The molecule has 1 fully saturated rings. The van der Waals surface area contributed by atoms with E-state index < -0.39 is 0 Å². The summed E-state index contributed by atoms with van der Waals surface area (Å²) in [6, 6.07) is 0.241. The zero-order valence-electron chi connectivity index (χ0n) is 8.37. The van der Waals surface area contributed by atoms with Crippen molar-refractivity contribution in [3.63, 3.8) is 0 Å². The minimum Gasteiger partial charge on any atom is -0.319 e. The highest BCUT2D eigenvalue weighted by atomic mass is 16.2. The molecule has 1 saturated heterocycles. The van der Waals surface area contributed by atoms with Crippen molar-refractivity contribution in [1.29, 1.82) is 0 Å². The van der Waals surface area contributed by atoms with E-state index in [1.165, 1.54) is 0 Å². The lowest BCUT2D eigenvalue weighted by atomic mass is 10.2. The predicted molar refractivity (Wildman–Crippen MR) is 52.8 cm³/mol. The van der Waals surface area contributed by atoms with Crippen LogP contribution in [0.1, 0.15) is 0 Å². The normalized spacial score (nSPS) is 24.7. The average Bonchev–Trinajstić information content (AvgIpc) is 2.84. The molecule has 0 spiro atoms. The number of amides is 2. The minimum absolute atomic E-state index is 0.0819. The first-order valence-corrected chi connectivity index (χ1v) is 4.85. The smallest absolute Gasteiger partial charge is 0.319 e. The third kappa shape index (κ3) is 1.14. The highest BCUT2D eigenvalue weighted by molar-refractivity contribution is 5.80. The van der Waals surface area contributed by atoms with Gasteiger partial charge in [-0.3, -0.25) is 0 Å². The van der Waals surface area contributed by atoms with Gasteiger partial charge in [0.1, 0.15) is 0 Å². The number of urea groups is 1. The lowest BCUT2D eigenvalue weighted by molar-refractivity contribution is 0.201. The average molecular weight is 205 g/mol. The van der Waals surface area contributed by atoms with Crippen LogP contribution < -0.4 is 0 Å². The Balaban J connectivity index is 1.96. The van der Waals surface area contributed by atoms with Crippen molar-refractivity contribution < 1.29 is 4.79 Å². The maximum atomic E-state index is 11.7. The van der Waals surface area contributed by atoms with Gasteiger partial charge >= 0.3 is 6.03 Å². The fourth-order valence-corrected chi connectivity index (χ4v) is 2.05. The van der Waals surface area contributed by atoms with Crippen molar-refractivity contribution >= 4 is 11.7 Å². The van der Waals surface area contributed by atoms with Crippen LogP contribution in [0.3, 0.4) is 0 Å². The van der Waals surface area contributed by atoms with Crippen LogP contribution in [0.25, 0.3) is 5.70 Å². The van der Waals surface area contributed by atoms with Gasteiger partial charge in [-0.15, -0.1) is 0 Å². The molecule has 78 valence electrons. The first-order valence-electron chi connectivity index (χ1n) is 4.85. The Bertz CT molecular complexity index is 424. The molecule has 0 N–H and O–H groups in total. The molecule has 1 atom stereocenters. The number of carbonyl (C=O) groups is 1. The van der Waals surface area contributed by atoms with E-state index in [1.54, 1.807) is 22.1 Å². The van der Waals surface area contributed by atoms with E-state index in [4.69, 9.17) is 0 Å². The molecule has 2 bridgehead atoms. The largest absolute Gasteiger partial charge is 0.320 e. The van der Waals surface area contributed by atoms with Crippen LogP contribution in [-0.2, 0) is 0 Å². The molecule has 2 aliphatic heterocycles. The van der Waals surface area contributed by atoms with Crippen LogP contribution in [0.4, 0.5) is 4.79 Å². The van der Waals surface area contributed by atoms with Gasteiger partial charge in [0.2, 0.25) is 0 Å². The second kappa shape index (κ2) is 2.82. The van der Waals surface area contributed by atoms with Crippen LogP contribution >= 0.6 is 0 Å². The number of hydrogen-bond donors (Lipinski definition) is 0. The zero-order chi connectivity index (χ0) is 10.4. The molecule has 1 unspecified atom stereocenters. The van der Waals surface area contributed by atoms with Crippen LogP contribution in [0.2, 0.25) is 0 Å². The number of hydrogen-bond acceptors (Lipinski definition) is 3. The summed E-state index contributed by atoms with van der Waals surface area (Å²) in [7, 11) is 1.82. The Labute approximate surface area is 86.8 Å². The summed E-state index contributed by atoms with van der Waals surface area (Å²) in [5.41, 5.74) is 0.967. The third-order valence-electron chi connectivity index (χ3n) is 2.89. The van der Waals surface area contributed by atoms with Crippen LogP contribution in [-0.4, -0.2) is 57.0 Å². The molecule has 0 aromatic carbocycles. The molecule has 3 rings (SSSR count). The van der Waals surface area contributed by atoms with E-state index in [1.807, 2.05) is 11.9 Å². The molecule has 6 heteroatoms. The minimum atomic E-state index is 0.0819. The molecule has 1 aromatic rings. The molecule has 3 heterocycles. The first kappa shape index (κ1) is 8.46. The third-order valence-corrected chi connectivity index (χ3v) is 2.89. The van der Waals surface area contributed by atoms with Crippen molar-refractivity contribution in [2.45, 2.75) is 6.04 Å². The molecule has 6 nitrogen and oxygen atoms in total. The van der Waals surface area contributed by atoms with Gasteiger partial charge in [0.25, 0.3) is 0 Å². The predicted octanol–water partition coefficient (Wildman–Crippen LogP) is -0.131. The van der Waals surface area contributed by atoms with Gasteiger partial charge in [0.15, 0.2) is 0 Å². The van der Waals surface area contributed by atoms with Crippen molar-refractivity contribution in [1.82, 2.24) is 24.8 Å². The quantitative estimate of drug-likeness (QED) is 0.641. The van der Waals surface area contributed by atoms with Crippen LogP contribution in [0.15, 0.2) is 18.5 Å². The maximum Gasteiger partial charge on any atom is 0.320 e. The molecular weight excluding hydrogens is 194 g/mol. The fourth-order valence-electron chi connectivity index (χ4n) is 2.05. The van der Waals surface area contributed by atoms with E-state index >= 15 is 0 Å². The molecule has 0 aliphatic carbocycles. The molecule has 0 radical (unpaired) electrons. The SMILES string of the molecule is CN1C(=O)N2CC(n3nccn3)=CC1C2. The number of rotatable bonds is 1. The Morgan fingerprint density at radius 2 is 2.13 bits per heavy atom. The molecule has 0 saturated carbocycles. The summed E-state index contributed by atoms with van der Waals surface area (Å²) < 4.78 is 0. The number of likely N-dealkylation sites (N-methyl/N-ethyl adjacent to an activating group) is 1. The monoisotopic (exact) mass is 205 g/mol. The van der Waals surface area contributed by atoms with Gasteiger partial charge in [0.05, 0.1) is 30.7 Å². The number of fused-ring (bicyclic) bond motifs is 2. The summed E-state index contributed by atoms with van der Waals surface area (Å²) in [6.45, 7) is 1.37. The van der Waals surface area contributed by atoms with E-state index in [-0.39, 0.29) is 12.1 Å². The number of carbonyl (C=O) groups excluding carboxylic acids is 1. The van der Waals surface area contributed by atoms with Crippen molar-refractivity contribution in [2.24, 2.45) is 0 Å². The summed E-state index contributed by atoms with van der Waals surface area (Å²) >= 11 is 0. The van der Waals surface area contributed by atoms with Gasteiger partial charge in [-0.2, -0.15) is 15.0 Å². The second-order valence-electron chi connectivity index (χ2n) is 3.82. The van der Waals surface area contributed by atoms with Crippen LogP contribution in [0.5, 0.6) is 0 Å². The van der Waals surface area contributed by atoms with Gasteiger partial charge < -0.3 is 9.80 Å². The lowest BCUT2D eigenvalue weighted by Crippen LogP contribution is -2.32. The Kier molecular flexibility index (Phi) is 1.59. The second-order valence-corrected chi connectivity index (χ2v) is 3.82. The zero-order valence-corrected chi connectivity index (χ0v) is 8.37. The Morgan fingerprint density at radius 3 is 2.80 bits per heavy atom. The molecule has 1 aromatic heterocycles. The first-order chi connectivity index (χ1) is 7.25. The molecule has 2 amide bonds. The highest BCUT2D eigenvalue weighted by Crippen LogP contribution is 2.23. The highest BCUT2D eigenvalue weighted by Gasteiger charge is 2.37. The van der Waals surface area contributed by atoms with E-state index in [9.17, 15) is 4.79 Å². The van der Waals surface area contributed by atoms with Gasteiger partial charge in [-0.25, -0.2) is 4.79 Å².